The summed E-state index contributed by atoms with van der Waals surface area (Å²) in [7, 11) is 1.88. The number of rotatable bonds is 4. The summed E-state index contributed by atoms with van der Waals surface area (Å²) in [5.41, 5.74) is 2.44. The summed E-state index contributed by atoms with van der Waals surface area (Å²) in [6, 6.07) is 3.65. The standard InChI is InChI=1S/C13H16N4O/c1-4-17-12(7-8-14-17)13(18)6-5-11-9-10(2)16(3)15-11/h5-9H,4H2,1-3H3/b6-5+. The van der Waals surface area contributed by atoms with Gasteiger partial charge in [-0.25, -0.2) is 0 Å². The molecule has 0 aromatic carbocycles. The maximum atomic E-state index is 12.0. The SMILES string of the molecule is CCn1nccc1C(=O)/C=C/c1cc(C)n(C)n1. The van der Waals surface area contributed by atoms with Crippen molar-refractivity contribution in [1.29, 1.82) is 0 Å². The third-order valence-corrected chi connectivity index (χ3v) is 2.81. The number of allylic oxidation sites excluding steroid dienone is 1. The van der Waals surface area contributed by atoms with Gasteiger partial charge in [-0.05, 0) is 38.1 Å². The van der Waals surface area contributed by atoms with Crippen LogP contribution in [-0.2, 0) is 13.6 Å². The van der Waals surface area contributed by atoms with Gasteiger partial charge in [0, 0.05) is 25.5 Å². The third-order valence-electron chi connectivity index (χ3n) is 2.81. The number of aromatic nitrogens is 4. The molecule has 5 heteroatoms. The summed E-state index contributed by atoms with van der Waals surface area (Å²) < 4.78 is 3.46. The second-order valence-corrected chi connectivity index (χ2v) is 4.06. The fourth-order valence-corrected chi connectivity index (χ4v) is 1.71. The van der Waals surface area contributed by atoms with Gasteiger partial charge in [-0.2, -0.15) is 10.2 Å². The summed E-state index contributed by atoms with van der Waals surface area (Å²) in [5, 5.41) is 8.33. The van der Waals surface area contributed by atoms with Gasteiger partial charge in [-0.1, -0.05) is 0 Å². The maximum absolute atomic E-state index is 12.0. The van der Waals surface area contributed by atoms with Crippen molar-refractivity contribution in [3.8, 4) is 0 Å². The number of ketones is 1. The molecule has 0 spiro atoms. The number of aryl methyl sites for hydroxylation is 3. The Balaban J connectivity index is 2.16. The Morgan fingerprint density at radius 3 is 2.89 bits per heavy atom. The van der Waals surface area contributed by atoms with Crippen molar-refractivity contribution >= 4 is 11.9 Å². The van der Waals surface area contributed by atoms with E-state index in [1.807, 2.05) is 27.0 Å². The predicted molar refractivity (Wildman–Crippen MR) is 69.2 cm³/mol. The Bertz CT molecular complexity index is 572. The lowest BCUT2D eigenvalue weighted by atomic mass is 10.2. The number of carbonyl (C=O) groups is 1. The average molecular weight is 244 g/mol. The number of carbonyl (C=O) groups excluding carboxylic acids is 1. The normalized spacial score (nSPS) is 11.3. The van der Waals surface area contributed by atoms with Crippen LogP contribution in [0.25, 0.3) is 6.08 Å². The van der Waals surface area contributed by atoms with Crippen LogP contribution in [0, 0.1) is 6.92 Å². The number of nitrogens with zero attached hydrogens (tertiary/aromatic N) is 4. The Morgan fingerprint density at radius 2 is 2.28 bits per heavy atom. The molecule has 0 fully saturated rings. The van der Waals surface area contributed by atoms with Gasteiger partial charge in [0.1, 0.15) is 5.69 Å². The molecule has 0 aliphatic rings. The maximum Gasteiger partial charge on any atom is 0.203 e. The topological polar surface area (TPSA) is 52.7 Å². The van der Waals surface area contributed by atoms with Crippen molar-refractivity contribution in [3.63, 3.8) is 0 Å². The highest BCUT2D eigenvalue weighted by Crippen LogP contribution is 2.06. The molecule has 94 valence electrons. The second-order valence-electron chi connectivity index (χ2n) is 4.06. The molecule has 0 atom stereocenters. The fraction of sp³-hybridized carbons (Fsp3) is 0.308. The Kier molecular flexibility index (Phi) is 3.41. The van der Waals surface area contributed by atoms with Crippen LogP contribution in [0.4, 0.5) is 0 Å². The van der Waals surface area contributed by atoms with Gasteiger partial charge in [-0.3, -0.25) is 14.2 Å². The minimum absolute atomic E-state index is 0.0577. The molecule has 0 saturated heterocycles. The molecule has 0 bridgehead atoms. The molecule has 2 heterocycles. The van der Waals surface area contributed by atoms with E-state index in [1.165, 1.54) is 6.08 Å². The van der Waals surface area contributed by atoms with E-state index in [1.54, 1.807) is 27.7 Å². The Morgan fingerprint density at radius 1 is 1.50 bits per heavy atom. The first-order valence-corrected chi connectivity index (χ1v) is 5.86. The van der Waals surface area contributed by atoms with Crippen LogP contribution in [0.15, 0.2) is 24.4 Å². The molecule has 0 radical (unpaired) electrons. The monoisotopic (exact) mass is 244 g/mol. The van der Waals surface area contributed by atoms with Crippen LogP contribution in [0.1, 0.15) is 28.8 Å². The van der Waals surface area contributed by atoms with Crippen LogP contribution < -0.4 is 0 Å². The molecule has 5 nitrogen and oxygen atoms in total. The van der Waals surface area contributed by atoms with Crippen molar-refractivity contribution in [2.24, 2.45) is 7.05 Å². The van der Waals surface area contributed by atoms with Crippen molar-refractivity contribution in [2.45, 2.75) is 20.4 Å². The van der Waals surface area contributed by atoms with E-state index in [-0.39, 0.29) is 5.78 Å². The van der Waals surface area contributed by atoms with Gasteiger partial charge in [0.05, 0.1) is 5.69 Å². The molecule has 0 unspecified atom stereocenters. The lowest BCUT2D eigenvalue weighted by Crippen LogP contribution is -2.07. The summed E-state index contributed by atoms with van der Waals surface area (Å²) in [6.45, 7) is 4.61. The minimum Gasteiger partial charge on any atom is -0.288 e. The van der Waals surface area contributed by atoms with E-state index in [2.05, 4.69) is 10.2 Å². The molecule has 2 aromatic heterocycles. The second kappa shape index (κ2) is 5.00. The lowest BCUT2D eigenvalue weighted by Gasteiger charge is -1.99. The molecular formula is C13H16N4O. The van der Waals surface area contributed by atoms with E-state index in [0.717, 1.165) is 11.4 Å². The van der Waals surface area contributed by atoms with E-state index in [4.69, 9.17) is 0 Å². The van der Waals surface area contributed by atoms with E-state index in [9.17, 15) is 4.79 Å². The fourth-order valence-electron chi connectivity index (χ4n) is 1.71. The van der Waals surface area contributed by atoms with Crippen LogP contribution in [0.5, 0.6) is 0 Å². The van der Waals surface area contributed by atoms with Crippen molar-refractivity contribution < 1.29 is 4.79 Å². The highest BCUT2D eigenvalue weighted by Gasteiger charge is 2.07. The molecule has 2 rings (SSSR count). The first kappa shape index (κ1) is 12.3. The zero-order valence-electron chi connectivity index (χ0n) is 10.8. The molecule has 0 saturated carbocycles. The summed E-state index contributed by atoms with van der Waals surface area (Å²) in [6.07, 6.45) is 4.89. The van der Waals surface area contributed by atoms with Crippen LogP contribution in [0.3, 0.4) is 0 Å². The van der Waals surface area contributed by atoms with Crippen molar-refractivity contribution in [3.05, 3.63) is 41.5 Å². The molecule has 0 aliphatic carbocycles. The third kappa shape index (κ3) is 2.40. The zero-order chi connectivity index (χ0) is 13.1. The highest BCUT2D eigenvalue weighted by molar-refractivity contribution is 6.05. The molecule has 0 aliphatic heterocycles. The molecular weight excluding hydrogens is 228 g/mol. The molecule has 2 aromatic rings. The van der Waals surface area contributed by atoms with Gasteiger partial charge < -0.3 is 0 Å². The molecule has 0 N–H and O–H groups in total. The van der Waals surface area contributed by atoms with Crippen molar-refractivity contribution in [2.75, 3.05) is 0 Å². The van der Waals surface area contributed by atoms with Crippen LogP contribution in [0.2, 0.25) is 0 Å². The first-order valence-electron chi connectivity index (χ1n) is 5.86. The zero-order valence-corrected chi connectivity index (χ0v) is 10.8. The van der Waals surface area contributed by atoms with E-state index < -0.39 is 0 Å². The van der Waals surface area contributed by atoms with Gasteiger partial charge in [0.15, 0.2) is 0 Å². The Labute approximate surface area is 106 Å². The molecule has 0 amide bonds. The highest BCUT2D eigenvalue weighted by atomic mass is 16.1. The molecule has 18 heavy (non-hydrogen) atoms. The first-order chi connectivity index (χ1) is 8.61. The Hall–Kier alpha value is -2.17. The van der Waals surface area contributed by atoms with Gasteiger partial charge in [-0.15, -0.1) is 0 Å². The number of hydrogen-bond acceptors (Lipinski definition) is 3. The van der Waals surface area contributed by atoms with Crippen LogP contribution in [-0.4, -0.2) is 25.3 Å². The summed E-state index contributed by atoms with van der Waals surface area (Å²) in [5.74, 6) is -0.0577. The van der Waals surface area contributed by atoms with Crippen LogP contribution >= 0.6 is 0 Å². The minimum atomic E-state index is -0.0577. The van der Waals surface area contributed by atoms with Crippen molar-refractivity contribution in [1.82, 2.24) is 19.6 Å². The summed E-state index contributed by atoms with van der Waals surface area (Å²) in [4.78, 5) is 12.0. The van der Waals surface area contributed by atoms with E-state index >= 15 is 0 Å². The smallest absolute Gasteiger partial charge is 0.203 e. The number of hydrogen-bond donors (Lipinski definition) is 0. The quantitative estimate of drug-likeness (QED) is 0.609. The summed E-state index contributed by atoms with van der Waals surface area (Å²) >= 11 is 0. The van der Waals surface area contributed by atoms with Gasteiger partial charge >= 0.3 is 0 Å². The average Bonchev–Trinajstić information content (AvgIpc) is 2.94. The largest absolute Gasteiger partial charge is 0.288 e. The van der Waals surface area contributed by atoms with E-state index in [0.29, 0.717) is 12.2 Å². The van der Waals surface area contributed by atoms with Gasteiger partial charge in [0.2, 0.25) is 5.78 Å². The predicted octanol–water partition coefficient (Wildman–Crippen LogP) is 1.84. The van der Waals surface area contributed by atoms with Gasteiger partial charge in [0.25, 0.3) is 0 Å². The lowest BCUT2D eigenvalue weighted by molar-refractivity contribution is 0.103.